The molecule has 0 radical (unpaired) electrons. The van der Waals surface area contributed by atoms with E-state index >= 15 is 0 Å². The highest BCUT2D eigenvalue weighted by Crippen LogP contribution is 2.49. The number of aromatic nitrogens is 3. The number of benzene rings is 1. The Bertz CT molecular complexity index is 640. The van der Waals surface area contributed by atoms with Crippen LogP contribution in [-0.2, 0) is 0 Å². The predicted octanol–water partition coefficient (Wildman–Crippen LogP) is 3.54. The van der Waals surface area contributed by atoms with Crippen molar-refractivity contribution < 1.29 is 4.74 Å². The van der Waals surface area contributed by atoms with E-state index in [1.54, 1.807) is 7.11 Å². The van der Waals surface area contributed by atoms with Crippen LogP contribution < -0.4 is 4.74 Å². The highest BCUT2D eigenvalue weighted by atomic mass is 32.2. The lowest BCUT2D eigenvalue weighted by Crippen LogP contribution is -2.20. The molecule has 2 unspecified atom stereocenters. The Morgan fingerprint density at radius 3 is 2.95 bits per heavy atom. The van der Waals surface area contributed by atoms with Crippen LogP contribution >= 0.6 is 11.8 Å². The summed E-state index contributed by atoms with van der Waals surface area (Å²) < 4.78 is 7.82. The Labute approximate surface area is 122 Å². The monoisotopic (exact) mass is 287 g/mol. The molecule has 2 atom stereocenters. The summed E-state index contributed by atoms with van der Waals surface area (Å²) in [5, 5.41) is 10.6. The minimum Gasteiger partial charge on any atom is -0.496 e. The van der Waals surface area contributed by atoms with E-state index in [9.17, 15) is 0 Å². The van der Waals surface area contributed by atoms with Gasteiger partial charge in [-0.3, -0.25) is 4.57 Å². The summed E-state index contributed by atoms with van der Waals surface area (Å²) in [6.07, 6.45) is 5.19. The van der Waals surface area contributed by atoms with Crippen LogP contribution in [0.15, 0.2) is 29.4 Å². The molecule has 2 aromatic rings. The molecule has 0 amide bonds. The molecule has 0 N–H and O–H groups in total. The van der Waals surface area contributed by atoms with Crippen molar-refractivity contribution in [1.29, 1.82) is 0 Å². The second kappa shape index (κ2) is 4.81. The maximum Gasteiger partial charge on any atom is 0.192 e. The summed E-state index contributed by atoms with van der Waals surface area (Å²) in [4.78, 5) is 0. The number of fused-ring (bicyclic) bond motifs is 3. The van der Waals surface area contributed by atoms with Crippen LogP contribution in [0.3, 0.4) is 0 Å². The molecule has 1 aromatic heterocycles. The fraction of sp³-hybridized carbons (Fsp3) is 0.467. The lowest BCUT2D eigenvalue weighted by molar-refractivity contribution is 0.366. The Morgan fingerprint density at radius 2 is 2.05 bits per heavy atom. The van der Waals surface area contributed by atoms with E-state index in [-0.39, 0.29) is 0 Å². The van der Waals surface area contributed by atoms with Crippen molar-refractivity contribution in [3.8, 4) is 17.1 Å². The van der Waals surface area contributed by atoms with Gasteiger partial charge in [-0.05, 0) is 25.0 Å². The maximum atomic E-state index is 5.48. The van der Waals surface area contributed by atoms with Crippen molar-refractivity contribution in [1.82, 2.24) is 14.8 Å². The van der Waals surface area contributed by atoms with Crippen molar-refractivity contribution in [2.75, 3.05) is 7.11 Å². The van der Waals surface area contributed by atoms with Crippen molar-refractivity contribution in [2.24, 2.45) is 0 Å². The zero-order valence-electron chi connectivity index (χ0n) is 11.5. The smallest absolute Gasteiger partial charge is 0.192 e. The second-order valence-electron chi connectivity index (χ2n) is 5.38. The molecule has 20 heavy (non-hydrogen) atoms. The molecule has 104 valence electrons. The Hall–Kier alpha value is -1.49. The molecule has 1 fully saturated rings. The lowest BCUT2D eigenvalue weighted by atomic mass is 9.94. The lowest BCUT2D eigenvalue weighted by Gasteiger charge is -2.26. The molecule has 1 aromatic carbocycles. The van der Waals surface area contributed by atoms with Crippen LogP contribution in [0.2, 0.25) is 0 Å². The van der Waals surface area contributed by atoms with Gasteiger partial charge in [-0.25, -0.2) is 0 Å². The van der Waals surface area contributed by atoms with Gasteiger partial charge in [-0.1, -0.05) is 36.7 Å². The topological polar surface area (TPSA) is 39.9 Å². The molecule has 0 spiro atoms. The Morgan fingerprint density at radius 1 is 1.20 bits per heavy atom. The molecular weight excluding hydrogens is 270 g/mol. The SMILES string of the molecule is COc1ccccc1-c1nnc2n1C1CCCCC1S2. The zero-order valence-corrected chi connectivity index (χ0v) is 12.3. The first-order chi connectivity index (χ1) is 9.88. The number of rotatable bonds is 2. The fourth-order valence-corrected chi connectivity index (χ4v) is 4.71. The summed E-state index contributed by atoms with van der Waals surface area (Å²) >= 11 is 1.90. The third-order valence-electron chi connectivity index (χ3n) is 4.27. The van der Waals surface area contributed by atoms with Crippen molar-refractivity contribution in [3.05, 3.63) is 24.3 Å². The molecule has 5 heteroatoms. The number of hydrogen-bond donors (Lipinski definition) is 0. The van der Waals surface area contributed by atoms with Crippen LogP contribution in [0.5, 0.6) is 5.75 Å². The predicted molar refractivity (Wildman–Crippen MR) is 79.2 cm³/mol. The van der Waals surface area contributed by atoms with E-state index in [0.717, 1.165) is 22.3 Å². The van der Waals surface area contributed by atoms with Gasteiger partial charge in [-0.2, -0.15) is 0 Å². The molecule has 1 aliphatic heterocycles. The summed E-state index contributed by atoms with van der Waals surface area (Å²) in [7, 11) is 1.71. The van der Waals surface area contributed by atoms with E-state index in [0.29, 0.717) is 11.3 Å². The van der Waals surface area contributed by atoms with E-state index in [1.165, 1.54) is 25.7 Å². The highest BCUT2D eigenvalue weighted by molar-refractivity contribution is 8.00. The average Bonchev–Trinajstić information content (AvgIpc) is 3.06. The first kappa shape index (κ1) is 12.3. The molecule has 2 heterocycles. The Balaban J connectivity index is 1.82. The van der Waals surface area contributed by atoms with Crippen molar-refractivity contribution >= 4 is 11.8 Å². The second-order valence-corrected chi connectivity index (χ2v) is 6.59. The number of thioether (sulfide) groups is 1. The first-order valence-corrected chi connectivity index (χ1v) is 8.01. The van der Waals surface area contributed by atoms with Gasteiger partial charge in [0.2, 0.25) is 0 Å². The Kier molecular flexibility index (Phi) is 2.95. The van der Waals surface area contributed by atoms with Gasteiger partial charge in [0, 0.05) is 5.25 Å². The molecule has 4 rings (SSSR count). The zero-order chi connectivity index (χ0) is 13.5. The number of para-hydroxylation sites is 1. The average molecular weight is 287 g/mol. The van der Waals surface area contributed by atoms with E-state index < -0.39 is 0 Å². The van der Waals surface area contributed by atoms with Crippen molar-refractivity contribution in [2.45, 2.75) is 42.1 Å². The molecule has 1 saturated carbocycles. The van der Waals surface area contributed by atoms with Gasteiger partial charge in [0.15, 0.2) is 11.0 Å². The van der Waals surface area contributed by atoms with Gasteiger partial charge in [0.05, 0.1) is 18.7 Å². The summed E-state index contributed by atoms with van der Waals surface area (Å²) in [6, 6.07) is 8.62. The first-order valence-electron chi connectivity index (χ1n) is 7.13. The van der Waals surface area contributed by atoms with Gasteiger partial charge in [-0.15, -0.1) is 10.2 Å². The van der Waals surface area contributed by atoms with Crippen LogP contribution in [0.1, 0.15) is 31.7 Å². The molecule has 1 aliphatic carbocycles. The van der Waals surface area contributed by atoms with Gasteiger partial charge in [0.25, 0.3) is 0 Å². The van der Waals surface area contributed by atoms with E-state index in [2.05, 4.69) is 20.8 Å². The number of methoxy groups -OCH3 is 1. The van der Waals surface area contributed by atoms with Crippen LogP contribution in [0.4, 0.5) is 0 Å². The molecular formula is C15H17N3OS. The number of nitrogens with zero attached hydrogens (tertiary/aromatic N) is 3. The van der Waals surface area contributed by atoms with Crippen molar-refractivity contribution in [3.63, 3.8) is 0 Å². The number of hydrogen-bond acceptors (Lipinski definition) is 4. The van der Waals surface area contributed by atoms with Gasteiger partial charge >= 0.3 is 0 Å². The number of ether oxygens (including phenoxy) is 1. The third kappa shape index (κ3) is 1.76. The minimum absolute atomic E-state index is 0.554. The molecule has 2 aliphatic rings. The quantitative estimate of drug-likeness (QED) is 0.847. The van der Waals surface area contributed by atoms with E-state index in [4.69, 9.17) is 4.74 Å². The minimum atomic E-state index is 0.554. The highest BCUT2D eigenvalue weighted by Gasteiger charge is 2.38. The van der Waals surface area contributed by atoms with Crippen LogP contribution in [0, 0.1) is 0 Å². The molecule has 4 nitrogen and oxygen atoms in total. The summed E-state index contributed by atoms with van der Waals surface area (Å²) in [5.41, 5.74) is 1.04. The fourth-order valence-electron chi connectivity index (χ4n) is 3.31. The standard InChI is InChI=1S/C15H17N3OS/c1-19-12-8-4-2-6-10(12)14-16-17-15-18(14)11-7-3-5-9-13(11)20-15/h2,4,6,8,11,13H,3,5,7,9H2,1H3. The van der Waals surface area contributed by atoms with Crippen LogP contribution in [0.25, 0.3) is 11.4 Å². The van der Waals surface area contributed by atoms with Gasteiger partial charge < -0.3 is 4.74 Å². The normalized spacial score (nSPS) is 24.2. The molecule has 0 bridgehead atoms. The molecule has 0 saturated heterocycles. The maximum absolute atomic E-state index is 5.48. The largest absolute Gasteiger partial charge is 0.496 e. The van der Waals surface area contributed by atoms with Crippen LogP contribution in [-0.4, -0.2) is 27.1 Å². The summed E-state index contributed by atoms with van der Waals surface area (Å²) in [6.45, 7) is 0. The van der Waals surface area contributed by atoms with E-state index in [1.807, 2.05) is 30.0 Å². The summed E-state index contributed by atoms with van der Waals surface area (Å²) in [5.74, 6) is 1.83. The van der Waals surface area contributed by atoms with Gasteiger partial charge in [0.1, 0.15) is 5.75 Å². The third-order valence-corrected chi connectivity index (χ3v) is 5.61.